The van der Waals surface area contributed by atoms with Crippen LogP contribution >= 0.6 is 0 Å². The van der Waals surface area contributed by atoms with Gasteiger partial charge in [0.2, 0.25) is 11.8 Å². The molecule has 1 N–H and O–H groups in total. The highest BCUT2D eigenvalue weighted by atomic mass is 16.2. The standard InChI is InChI=1S/C33H44N4O2/c1-24(2)28(29-22-34-30-15-9-8-14-27(29)30)21-31(38)37-18-10-11-25(23-37)32(39)36-19-16-33(17-20-36,35(3)4)26-12-6-5-7-13-26/h5-9,12-15,22,24-25,28,34H,10-11,16-21,23H2,1-4H3. The van der Waals surface area contributed by atoms with Crippen LogP contribution in [0, 0.1) is 11.8 Å². The van der Waals surface area contributed by atoms with Gasteiger partial charge in [-0.05, 0) is 68.8 Å². The Labute approximate surface area is 233 Å². The van der Waals surface area contributed by atoms with E-state index in [1.807, 2.05) is 11.0 Å². The minimum Gasteiger partial charge on any atom is -0.361 e. The van der Waals surface area contributed by atoms with Gasteiger partial charge < -0.3 is 14.8 Å². The van der Waals surface area contributed by atoms with Gasteiger partial charge in [-0.15, -0.1) is 0 Å². The molecule has 2 aliphatic rings. The molecule has 2 amide bonds. The maximum atomic E-state index is 13.7. The number of nitrogens with one attached hydrogen (secondary N) is 1. The highest BCUT2D eigenvalue weighted by molar-refractivity contribution is 5.86. The van der Waals surface area contributed by atoms with Crippen LogP contribution in [0.15, 0.2) is 60.8 Å². The van der Waals surface area contributed by atoms with Crippen molar-refractivity contribution in [2.75, 3.05) is 40.3 Å². The Kier molecular flexibility index (Phi) is 8.13. The Balaban J connectivity index is 1.23. The van der Waals surface area contributed by atoms with Gasteiger partial charge in [-0.1, -0.05) is 62.4 Å². The Morgan fingerprint density at radius 2 is 1.67 bits per heavy atom. The molecule has 39 heavy (non-hydrogen) atoms. The molecule has 6 heteroatoms. The predicted octanol–water partition coefficient (Wildman–Crippen LogP) is 5.62. The second kappa shape index (κ2) is 11.5. The van der Waals surface area contributed by atoms with Gasteiger partial charge in [0.05, 0.1) is 5.92 Å². The third-order valence-corrected chi connectivity index (χ3v) is 9.41. The summed E-state index contributed by atoms with van der Waals surface area (Å²) in [4.78, 5) is 37.0. The summed E-state index contributed by atoms with van der Waals surface area (Å²) >= 11 is 0. The monoisotopic (exact) mass is 528 g/mol. The number of aromatic amines is 1. The second-order valence-electron chi connectivity index (χ2n) is 12.1. The molecule has 5 rings (SSSR count). The highest BCUT2D eigenvalue weighted by Crippen LogP contribution is 2.38. The molecular weight excluding hydrogens is 484 g/mol. The third-order valence-electron chi connectivity index (χ3n) is 9.41. The smallest absolute Gasteiger partial charge is 0.227 e. The Bertz CT molecular complexity index is 1270. The first-order valence-electron chi connectivity index (χ1n) is 14.7. The van der Waals surface area contributed by atoms with E-state index in [-0.39, 0.29) is 29.2 Å². The number of fused-ring (bicyclic) bond motifs is 1. The number of para-hydroxylation sites is 1. The summed E-state index contributed by atoms with van der Waals surface area (Å²) in [6.07, 6.45) is 6.16. The number of piperidine rings is 2. The number of nitrogens with zero attached hydrogens (tertiary/aromatic N) is 3. The summed E-state index contributed by atoms with van der Waals surface area (Å²) in [5, 5.41) is 1.20. The zero-order valence-electron chi connectivity index (χ0n) is 24.0. The van der Waals surface area contributed by atoms with E-state index in [1.165, 1.54) is 16.5 Å². The molecule has 0 spiro atoms. The van der Waals surface area contributed by atoms with Gasteiger partial charge >= 0.3 is 0 Å². The van der Waals surface area contributed by atoms with Gasteiger partial charge in [0, 0.05) is 55.2 Å². The summed E-state index contributed by atoms with van der Waals surface area (Å²) in [7, 11) is 4.30. The average molecular weight is 529 g/mol. The zero-order chi connectivity index (χ0) is 27.6. The molecule has 0 bridgehead atoms. The molecule has 0 radical (unpaired) electrons. The number of aromatic nitrogens is 1. The van der Waals surface area contributed by atoms with Gasteiger partial charge in [-0.3, -0.25) is 14.5 Å². The van der Waals surface area contributed by atoms with Crippen LogP contribution in [0.3, 0.4) is 0 Å². The number of carbonyl (C=O) groups excluding carboxylic acids is 2. The number of amides is 2. The number of rotatable bonds is 7. The molecule has 2 fully saturated rings. The van der Waals surface area contributed by atoms with Gasteiger partial charge in [-0.25, -0.2) is 0 Å². The first-order valence-corrected chi connectivity index (χ1v) is 14.7. The molecule has 2 atom stereocenters. The maximum Gasteiger partial charge on any atom is 0.227 e. The van der Waals surface area contributed by atoms with Crippen LogP contribution < -0.4 is 0 Å². The van der Waals surface area contributed by atoms with Gasteiger partial charge in [0.15, 0.2) is 0 Å². The molecular formula is C33H44N4O2. The number of likely N-dealkylation sites (tertiary alicyclic amines) is 2. The Hall–Kier alpha value is -3.12. The maximum absolute atomic E-state index is 13.7. The number of H-pyrrole nitrogens is 1. The first kappa shape index (κ1) is 27.4. The number of hydrogen-bond donors (Lipinski definition) is 1. The van der Waals surface area contributed by atoms with Crippen LogP contribution in [0.1, 0.15) is 63.0 Å². The van der Waals surface area contributed by atoms with Crippen LogP contribution in [0.25, 0.3) is 10.9 Å². The van der Waals surface area contributed by atoms with Crippen LogP contribution in [0.2, 0.25) is 0 Å². The molecule has 0 saturated carbocycles. The summed E-state index contributed by atoms with van der Waals surface area (Å²) < 4.78 is 0. The summed E-state index contributed by atoms with van der Waals surface area (Å²) in [5.41, 5.74) is 3.61. The normalized spacial score (nSPS) is 20.5. The fourth-order valence-electron chi connectivity index (χ4n) is 6.93. The Morgan fingerprint density at radius 1 is 0.974 bits per heavy atom. The molecule has 2 saturated heterocycles. The van der Waals surface area contributed by atoms with E-state index in [0.29, 0.717) is 18.9 Å². The van der Waals surface area contributed by atoms with Crippen molar-refractivity contribution in [1.82, 2.24) is 19.7 Å². The fraction of sp³-hybridized carbons (Fsp3) is 0.515. The lowest BCUT2D eigenvalue weighted by molar-refractivity contribution is -0.143. The third kappa shape index (κ3) is 5.49. The summed E-state index contributed by atoms with van der Waals surface area (Å²) in [6, 6.07) is 19.0. The van der Waals surface area contributed by atoms with Crippen LogP contribution in [-0.4, -0.2) is 71.8 Å². The van der Waals surface area contributed by atoms with E-state index in [4.69, 9.17) is 0 Å². The minimum atomic E-state index is -0.100. The fourth-order valence-corrected chi connectivity index (χ4v) is 6.93. The van der Waals surface area contributed by atoms with Crippen LogP contribution in [0.5, 0.6) is 0 Å². The predicted molar refractivity (Wildman–Crippen MR) is 157 cm³/mol. The van der Waals surface area contributed by atoms with E-state index in [1.54, 1.807) is 0 Å². The van der Waals surface area contributed by atoms with Crippen LogP contribution in [0.4, 0.5) is 0 Å². The van der Waals surface area contributed by atoms with Crippen molar-refractivity contribution in [2.24, 2.45) is 11.8 Å². The Morgan fingerprint density at radius 3 is 2.36 bits per heavy atom. The summed E-state index contributed by atoms with van der Waals surface area (Å²) in [6.45, 7) is 7.20. The zero-order valence-corrected chi connectivity index (χ0v) is 24.0. The molecule has 208 valence electrons. The van der Waals surface area contributed by atoms with Crippen molar-refractivity contribution in [3.05, 3.63) is 71.9 Å². The summed E-state index contributed by atoms with van der Waals surface area (Å²) in [5.74, 6) is 0.780. The molecule has 2 aromatic carbocycles. The van der Waals surface area contributed by atoms with E-state index in [0.717, 1.165) is 50.8 Å². The minimum absolute atomic E-state index is 0.0408. The van der Waals surface area contributed by atoms with E-state index in [9.17, 15) is 9.59 Å². The van der Waals surface area contributed by atoms with E-state index < -0.39 is 0 Å². The lowest BCUT2D eigenvalue weighted by Gasteiger charge is -2.47. The number of benzene rings is 2. The second-order valence-corrected chi connectivity index (χ2v) is 12.1. The SMILES string of the molecule is CC(C)C(CC(=O)N1CCCC(C(=O)N2CCC(c3ccccc3)(N(C)C)CC2)C1)c1c[nH]c2ccccc12. The quantitative estimate of drug-likeness (QED) is 0.433. The average Bonchev–Trinajstić information content (AvgIpc) is 3.39. The molecule has 2 aliphatic heterocycles. The van der Waals surface area contributed by atoms with Crippen molar-refractivity contribution in [3.63, 3.8) is 0 Å². The van der Waals surface area contributed by atoms with Crippen molar-refractivity contribution in [1.29, 1.82) is 0 Å². The first-order chi connectivity index (χ1) is 18.8. The van der Waals surface area contributed by atoms with Crippen LogP contribution in [-0.2, 0) is 15.1 Å². The number of hydrogen-bond acceptors (Lipinski definition) is 3. The molecule has 1 aromatic heterocycles. The van der Waals surface area contributed by atoms with Crippen molar-refractivity contribution >= 4 is 22.7 Å². The van der Waals surface area contributed by atoms with Crippen molar-refractivity contribution in [2.45, 2.75) is 57.4 Å². The molecule has 0 aliphatic carbocycles. The topological polar surface area (TPSA) is 59.7 Å². The molecule has 3 heterocycles. The van der Waals surface area contributed by atoms with E-state index in [2.05, 4.69) is 97.5 Å². The van der Waals surface area contributed by atoms with E-state index >= 15 is 0 Å². The van der Waals surface area contributed by atoms with Crippen molar-refractivity contribution < 1.29 is 9.59 Å². The van der Waals surface area contributed by atoms with Gasteiger partial charge in [-0.2, -0.15) is 0 Å². The number of carbonyl (C=O) groups is 2. The van der Waals surface area contributed by atoms with Gasteiger partial charge in [0.1, 0.15) is 0 Å². The molecule has 6 nitrogen and oxygen atoms in total. The molecule has 3 aromatic rings. The van der Waals surface area contributed by atoms with Crippen molar-refractivity contribution in [3.8, 4) is 0 Å². The lowest BCUT2D eigenvalue weighted by atomic mass is 9.79. The lowest BCUT2D eigenvalue weighted by Crippen LogP contribution is -2.54. The highest BCUT2D eigenvalue weighted by Gasteiger charge is 2.41. The molecule has 2 unspecified atom stereocenters. The van der Waals surface area contributed by atoms with Gasteiger partial charge in [0.25, 0.3) is 0 Å². The largest absolute Gasteiger partial charge is 0.361 e.